The molecule has 1 aromatic heterocycles. The number of benzene rings is 1. The van der Waals surface area contributed by atoms with E-state index >= 15 is 0 Å². The molecule has 2 aromatic rings. The number of hydrogen-bond acceptors (Lipinski definition) is 5. The molecule has 0 saturated carbocycles. The minimum atomic E-state index is 0.0517. The molecule has 1 atom stereocenters. The molecule has 1 aromatic carbocycles. The van der Waals surface area contributed by atoms with Crippen molar-refractivity contribution >= 4 is 11.8 Å². The molecule has 1 heterocycles. The van der Waals surface area contributed by atoms with E-state index in [1.54, 1.807) is 24.2 Å². The molecule has 4 nitrogen and oxygen atoms in total. The molecular formula is C13H16N4S. The van der Waals surface area contributed by atoms with E-state index in [9.17, 15) is 0 Å². The highest BCUT2D eigenvalue weighted by Crippen LogP contribution is 2.26. The van der Waals surface area contributed by atoms with E-state index in [1.807, 2.05) is 12.1 Å². The van der Waals surface area contributed by atoms with Crippen LogP contribution in [0.25, 0.3) is 0 Å². The number of aromatic nitrogens is 2. The van der Waals surface area contributed by atoms with E-state index in [4.69, 9.17) is 5.84 Å². The first-order valence-corrected chi connectivity index (χ1v) is 6.69. The van der Waals surface area contributed by atoms with Crippen LogP contribution in [0.2, 0.25) is 0 Å². The highest BCUT2D eigenvalue weighted by atomic mass is 32.2. The first-order valence-electron chi connectivity index (χ1n) is 5.70. The summed E-state index contributed by atoms with van der Waals surface area (Å²) in [5, 5.41) is 0. The first kappa shape index (κ1) is 13.0. The van der Waals surface area contributed by atoms with Gasteiger partial charge in [-0.15, -0.1) is 11.8 Å². The van der Waals surface area contributed by atoms with Gasteiger partial charge in [0.2, 0.25) is 0 Å². The summed E-state index contributed by atoms with van der Waals surface area (Å²) in [4.78, 5) is 9.29. The predicted octanol–water partition coefficient (Wildman–Crippen LogP) is 2.08. The summed E-state index contributed by atoms with van der Waals surface area (Å²) < 4.78 is 0. The van der Waals surface area contributed by atoms with Crippen LogP contribution < -0.4 is 11.3 Å². The van der Waals surface area contributed by atoms with Gasteiger partial charge in [0.05, 0.1) is 6.04 Å². The zero-order chi connectivity index (χ0) is 12.8. The zero-order valence-electron chi connectivity index (χ0n) is 10.2. The quantitative estimate of drug-likeness (QED) is 0.489. The Kier molecular flexibility index (Phi) is 4.69. The van der Waals surface area contributed by atoms with Crippen LogP contribution in [-0.2, 0) is 0 Å². The summed E-state index contributed by atoms with van der Waals surface area (Å²) in [6.07, 6.45) is 5.09. The first-order chi connectivity index (χ1) is 8.81. The summed E-state index contributed by atoms with van der Waals surface area (Å²) in [6, 6.07) is 8.37. The van der Waals surface area contributed by atoms with Crippen LogP contribution in [0.3, 0.4) is 0 Å². The van der Waals surface area contributed by atoms with Crippen molar-refractivity contribution in [1.82, 2.24) is 15.4 Å². The molecule has 0 aliphatic rings. The van der Waals surface area contributed by atoms with E-state index in [2.05, 4.69) is 34.5 Å². The third kappa shape index (κ3) is 3.29. The fourth-order valence-corrected chi connectivity index (χ4v) is 2.73. The molecule has 0 saturated heterocycles. The molecule has 0 spiro atoms. The Morgan fingerprint density at radius 3 is 2.67 bits per heavy atom. The van der Waals surface area contributed by atoms with Gasteiger partial charge in [0.1, 0.15) is 6.33 Å². The minimum absolute atomic E-state index is 0.0517. The summed E-state index contributed by atoms with van der Waals surface area (Å²) >= 11 is 1.78. The standard InChI is InChI=1S/C13H16N4S/c1-10-4-2-3-5-13(10)18-8-12(17-14)11-6-15-9-16-7-11/h2-7,9,12,17H,8,14H2,1H3. The Hall–Kier alpha value is -1.43. The average molecular weight is 260 g/mol. The monoisotopic (exact) mass is 260 g/mol. The molecule has 0 aliphatic carbocycles. The van der Waals surface area contributed by atoms with Gasteiger partial charge in [-0.25, -0.2) is 9.97 Å². The molecule has 2 rings (SSSR count). The van der Waals surface area contributed by atoms with Crippen LogP contribution in [0.5, 0.6) is 0 Å². The number of thioether (sulfide) groups is 1. The Balaban J connectivity index is 2.02. The Morgan fingerprint density at radius 2 is 2.00 bits per heavy atom. The molecule has 0 fully saturated rings. The van der Waals surface area contributed by atoms with Gasteiger partial charge in [-0.05, 0) is 18.6 Å². The lowest BCUT2D eigenvalue weighted by molar-refractivity contribution is 0.606. The molecule has 0 aliphatic heterocycles. The third-order valence-electron chi connectivity index (χ3n) is 2.68. The Bertz CT molecular complexity index is 489. The fourth-order valence-electron chi connectivity index (χ4n) is 1.62. The van der Waals surface area contributed by atoms with E-state index in [1.165, 1.54) is 16.8 Å². The maximum absolute atomic E-state index is 5.59. The molecule has 1 unspecified atom stereocenters. The molecule has 0 amide bonds. The van der Waals surface area contributed by atoms with Crippen LogP contribution in [0.1, 0.15) is 17.2 Å². The van der Waals surface area contributed by atoms with Crippen molar-refractivity contribution in [3.8, 4) is 0 Å². The van der Waals surface area contributed by atoms with Gasteiger partial charge in [-0.2, -0.15) is 0 Å². The molecule has 0 radical (unpaired) electrons. The van der Waals surface area contributed by atoms with Crippen LogP contribution in [0, 0.1) is 6.92 Å². The van der Waals surface area contributed by atoms with Gasteiger partial charge in [-0.3, -0.25) is 11.3 Å². The topological polar surface area (TPSA) is 63.8 Å². The van der Waals surface area contributed by atoms with Gasteiger partial charge in [0.15, 0.2) is 0 Å². The van der Waals surface area contributed by atoms with E-state index < -0.39 is 0 Å². The average Bonchev–Trinajstić information content (AvgIpc) is 2.42. The molecule has 5 heteroatoms. The number of aryl methyl sites for hydroxylation is 1. The number of hydrogen-bond donors (Lipinski definition) is 2. The second-order valence-corrected chi connectivity index (χ2v) is 5.03. The molecule has 3 N–H and O–H groups in total. The van der Waals surface area contributed by atoms with Crippen LogP contribution in [0.4, 0.5) is 0 Å². The lowest BCUT2D eigenvalue weighted by atomic mass is 10.2. The molecule has 94 valence electrons. The summed E-state index contributed by atoms with van der Waals surface area (Å²) in [5.74, 6) is 6.43. The smallest absolute Gasteiger partial charge is 0.115 e. The maximum Gasteiger partial charge on any atom is 0.115 e. The second kappa shape index (κ2) is 6.49. The van der Waals surface area contributed by atoms with Gasteiger partial charge < -0.3 is 0 Å². The molecular weight excluding hydrogens is 244 g/mol. The fraction of sp³-hybridized carbons (Fsp3) is 0.231. The van der Waals surface area contributed by atoms with Crippen molar-refractivity contribution in [3.05, 3.63) is 54.1 Å². The highest BCUT2D eigenvalue weighted by molar-refractivity contribution is 7.99. The van der Waals surface area contributed by atoms with Crippen LogP contribution in [-0.4, -0.2) is 15.7 Å². The Morgan fingerprint density at radius 1 is 1.28 bits per heavy atom. The number of nitrogens with two attached hydrogens (primary N) is 1. The Labute approximate surface area is 111 Å². The van der Waals surface area contributed by atoms with Gasteiger partial charge in [0.25, 0.3) is 0 Å². The van der Waals surface area contributed by atoms with Crippen molar-refractivity contribution in [1.29, 1.82) is 0 Å². The highest BCUT2D eigenvalue weighted by Gasteiger charge is 2.11. The van der Waals surface area contributed by atoms with Gasteiger partial charge >= 0.3 is 0 Å². The van der Waals surface area contributed by atoms with Crippen molar-refractivity contribution in [3.63, 3.8) is 0 Å². The largest absolute Gasteiger partial charge is 0.271 e. The number of rotatable bonds is 5. The molecule has 0 bridgehead atoms. The lowest BCUT2D eigenvalue weighted by Gasteiger charge is -2.15. The van der Waals surface area contributed by atoms with Crippen molar-refractivity contribution in [2.75, 3.05) is 5.75 Å². The summed E-state index contributed by atoms with van der Waals surface area (Å²) in [7, 11) is 0. The van der Waals surface area contributed by atoms with Gasteiger partial charge in [0, 0.05) is 28.6 Å². The van der Waals surface area contributed by atoms with E-state index in [0.717, 1.165) is 11.3 Å². The predicted molar refractivity (Wildman–Crippen MR) is 74.0 cm³/mol. The lowest BCUT2D eigenvalue weighted by Crippen LogP contribution is -2.29. The SMILES string of the molecule is Cc1ccccc1SCC(NN)c1cncnc1. The van der Waals surface area contributed by atoms with Crippen molar-refractivity contribution in [2.45, 2.75) is 17.9 Å². The third-order valence-corrected chi connectivity index (χ3v) is 3.95. The van der Waals surface area contributed by atoms with Crippen LogP contribution >= 0.6 is 11.8 Å². The van der Waals surface area contributed by atoms with Crippen molar-refractivity contribution in [2.24, 2.45) is 5.84 Å². The molecule has 18 heavy (non-hydrogen) atoms. The number of hydrazine groups is 1. The van der Waals surface area contributed by atoms with E-state index in [-0.39, 0.29) is 6.04 Å². The maximum atomic E-state index is 5.59. The normalized spacial score (nSPS) is 12.3. The zero-order valence-corrected chi connectivity index (χ0v) is 11.0. The van der Waals surface area contributed by atoms with Crippen LogP contribution in [0.15, 0.2) is 47.9 Å². The second-order valence-electron chi connectivity index (χ2n) is 3.97. The van der Waals surface area contributed by atoms with Gasteiger partial charge in [-0.1, -0.05) is 18.2 Å². The minimum Gasteiger partial charge on any atom is -0.271 e. The number of nitrogens with one attached hydrogen (secondary N) is 1. The summed E-state index contributed by atoms with van der Waals surface area (Å²) in [6.45, 7) is 2.11. The van der Waals surface area contributed by atoms with E-state index in [0.29, 0.717) is 0 Å². The summed E-state index contributed by atoms with van der Waals surface area (Å²) in [5.41, 5.74) is 5.09. The number of nitrogens with zero attached hydrogens (tertiary/aromatic N) is 2. The van der Waals surface area contributed by atoms with Crippen molar-refractivity contribution < 1.29 is 0 Å².